The van der Waals surface area contributed by atoms with E-state index >= 15 is 0 Å². The summed E-state index contributed by atoms with van der Waals surface area (Å²) in [6.07, 6.45) is 5.32. The number of nitrogens with two attached hydrogens (primary N) is 1. The van der Waals surface area contributed by atoms with Gasteiger partial charge in [0.25, 0.3) is 5.91 Å². The Bertz CT molecular complexity index is 716. The summed E-state index contributed by atoms with van der Waals surface area (Å²) in [5, 5.41) is 10.5. The fourth-order valence-electron chi connectivity index (χ4n) is 5.17. The smallest absolute Gasteiger partial charge is 0.269 e. The number of amides is 2. The van der Waals surface area contributed by atoms with Crippen molar-refractivity contribution >= 4 is 11.8 Å². The lowest BCUT2D eigenvalue weighted by molar-refractivity contribution is -0.137. The zero-order chi connectivity index (χ0) is 18.4. The van der Waals surface area contributed by atoms with Gasteiger partial charge in [-0.05, 0) is 51.3 Å². The first-order valence-electron chi connectivity index (χ1n) is 9.47. The van der Waals surface area contributed by atoms with Crippen molar-refractivity contribution < 1.29 is 14.3 Å². The zero-order valence-electron chi connectivity index (χ0n) is 15.2. The predicted molar refractivity (Wildman–Crippen MR) is 94.4 cm³/mol. The second kappa shape index (κ2) is 6.06. The zero-order valence-corrected chi connectivity index (χ0v) is 15.2. The van der Waals surface area contributed by atoms with E-state index in [0.29, 0.717) is 31.6 Å². The molecule has 1 spiro atoms. The first-order valence-corrected chi connectivity index (χ1v) is 9.47. The van der Waals surface area contributed by atoms with E-state index in [2.05, 4.69) is 15.7 Å². The molecular weight excluding hydrogens is 334 g/mol. The van der Waals surface area contributed by atoms with Gasteiger partial charge in [-0.3, -0.25) is 14.3 Å². The summed E-state index contributed by atoms with van der Waals surface area (Å²) in [5.74, 6) is -0.420. The standard InChI is InChI=1S/C18H27N5O3/c1-2-9-23-13(3-6-22-23)14(24)21-12-16-10-17(11-16,15(19)25)18(26-16)4-7-20-8-5-18/h3,6,20H,2,4-5,7-12H2,1H3,(H2,19,25)(H,21,24). The fourth-order valence-corrected chi connectivity index (χ4v) is 5.17. The molecule has 8 heteroatoms. The van der Waals surface area contributed by atoms with Crippen molar-refractivity contribution in [2.75, 3.05) is 19.6 Å². The summed E-state index contributed by atoms with van der Waals surface area (Å²) in [5.41, 5.74) is 4.81. The minimum Gasteiger partial charge on any atom is -0.369 e. The van der Waals surface area contributed by atoms with Crippen LogP contribution in [-0.4, -0.2) is 52.4 Å². The summed E-state index contributed by atoms with van der Waals surface area (Å²) in [6.45, 7) is 4.80. The van der Waals surface area contributed by atoms with Gasteiger partial charge in [-0.2, -0.15) is 5.10 Å². The number of hydrogen-bond acceptors (Lipinski definition) is 5. The highest BCUT2D eigenvalue weighted by Gasteiger charge is 2.77. The van der Waals surface area contributed by atoms with Gasteiger partial charge < -0.3 is 21.1 Å². The third-order valence-electron chi connectivity index (χ3n) is 6.37. The maximum absolute atomic E-state index is 12.6. The topological polar surface area (TPSA) is 111 Å². The van der Waals surface area contributed by atoms with E-state index in [9.17, 15) is 9.59 Å². The number of nitrogens with zero attached hydrogens (tertiary/aromatic N) is 2. The molecule has 4 heterocycles. The Hall–Kier alpha value is -1.93. The number of nitrogens with one attached hydrogen (secondary N) is 2. The lowest BCUT2D eigenvalue weighted by Crippen LogP contribution is -2.61. The van der Waals surface area contributed by atoms with Crippen LogP contribution in [0, 0.1) is 5.41 Å². The molecule has 3 saturated heterocycles. The average Bonchev–Trinajstić information content (AvgIpc) is 3.22. The van der Waals surface area contributed by atoms with E-state index in [1.807, 2.05) is 6.92 Å². The normalized spacial score (nSPS) is 31.6. The number of rotatable bonds is 6. The summed E-state index contributed by atoms with van der Waals surface area (Å²) in [4.78, 5) is 24.8. The Balaban J connectivity index is 1.46. The molecule has 2 bridgehead atoms. The number of piperidine rings is 1. The molecule has 1 aliphatic carbocycles. The lowest BCUT2D eigenvalue weighted by atomic mass is 9.53. The van der Waals surface area contributed by atoms with E-state index in [1.165, 1.54) is 0 Å². The molecule has 142 valence electrons. The van der Waals surface area contributed by atoms with Gasteiger partial charge in [0, 0.05) is 19.3 Å². The molecule has 1 aromatic rings. The van der Waals surface area contributed by atoms with Crippen LogP contribution in [0.5, 0.6) is 0 Å². The fraction of sp³-hybridized carbons (Fsp3) is 0.722. The van der Waals surface area contributed by atoms with Crippen molar-refractivity contribution in [3.05, 3.63) is 18.0 Å². The number of ether oxygens (including phenoxy) is 1. The summed E-state index contributed by atoms with van der Waals surface area (Å²) in [7, 11) is 0. The Morgan fingerprint density at radius 1 is 1.38 bits per heavy atom. The molecule has 1 saturated carbocycles. The molecule has 4 aliphatic rings. The van der Waals surface area contributed by atoms with E-state index in [0.717, 1.165) is 32.4 Å². The number of hydrogen-bond donors (Lipinski definition) is 3. The van der Waals surface area contributed by atoms with Crippen LogP contribution < -0.4 is 16.4 Å². The molecule has 8 nitrogen and oxygen atoms in total. The van der Waals surface area contributed by atoms with Crippen molar-refractivity contribution in [1.82, 2.24) is 20.4 Å². The SMILES string of the molecule is CCCn1nccc1C(=O)NCC12CC(C(N)=O)(C1)C1(CCNCC1)O2. The molecule has 3 aliphatic heterocycles. The number of carbonyl (C=O) groups excluding carboxylic acids is 2. The van der Waals surface area contributed by atoms with Crippen LogP contribution in [0.15, 0.2) is 12.3 Å². The Kier molecular flexibility index (Phi) is 4.07. The van der Waals surface area contributed by atoms with Crippen LogP contribution in [0.2, 0.25) is 0 Å². The van der Waals surface area contributed by atoms with E-state index in [-0.39, 0.29) is 11.8 Å². The van der Waals surface area contributed by atoms with Gasteiger partial charge in [0.1, 0.15) is 5.69 Å². The van der Waals surface area contributed by atoms with Crippen LogP contribution >= 0.6 is 0 Å². The number of aryl methyl sites for hydroxylation is 1. The van der Waals surface area contributed by atoms with Crippen LogP contribution in [0.4, 0.5) is 0 Å². The van der Waals surface area contributed by atoms with E-state index in [1.54, 1.807) is 16.9 Å². The molecular formula is C18H27N5O3. The summed E-state index contributed by atoms with van der Waals surface area (Å²) < 4.78 is 8.20. The minimum absolute atomic E-state index is 0.156. The Morgan fingerprint density at radius 3 is 2.77 bits per heavy atom. The van der Waals surface area contributed by atoms with Crippen LogP contribution in [0.25, 0.3) is 0 Å². The number of primary amides is 1. The molecule has 4 fully saturated rings. The second-order valence-electron chi connectivity index (χ2n) is 7.95. The molecule has 0 aromatic carbocycles. The number of aromatic nitrogens is 2. The van der Waals surface area contributed by atoms with Crippen molar-refractivity contribution in [1.29, 1.82) is 0 Å². The average molecular weight is 361 g/mol. The first kappa shape index (κ1) is 17.5. The van der Waals surface area contributed by atoms with Crippen molar-refractivity contribution in [2.24, 2.45) is 11.1 Å². The molecule has 5 rings (SSSR count). The molecule has 4 N–H and O–H groups in total. The van der Waals surface area contributed by atoms with Crippen LogP contribution in [0.1, 0.15) is 49.5 Å². The second-order valence-corrected chi connectivity index (χ2v) is 7.95. The van der Waals surface area contributed by atoms with E-state index in [4.69, 9.17) is 10.5 Å². The molecule has 0 atom stereocenters. The highest BCUT2D eigenvalue weighted by Crippen LogP contribution is 2.68. The maximum atomic E-state index is 12.6. The predicted octanol–water partition coefficient (Wildman–Crippen LogP) is 0.180. The van der Waals surface area contributed by atoms with Gasteiger partial charge in [-0.1, -0.05) is 6.92 Å². The summed E-state index contributed by atoms with van der Waals surface area (Å²) in [6, 6.07) is 1.72. The quantitative estimate of drug-likeness (QED) is 0.669. The van der Waals surface area contributed by atoms with Crippen molar-refractivity contribution in [3.63, 3.8) is 0 Å². The molecule has 0 unspecified atom stereocenters. The van der Waals surface area contributed by atoms with Gasteiger partial charge in [0.05, 0.1) is 16.6 Å². The first-order chi connectivity index (χ1) is 12.5. The largest absolute Gasteiger partial charge is 0.369 e. The minimum atomic E-state index is -0.580. The monoisotopic (exact) mass is 361 g/mol. The molecule has 0 radical (unpaired) electrons. The van der Waals surface area contributed by atoms with E-state index < -0.39 is 16.6 Å². The lowest BCUT2D eigenvalue weighted by Gasteiger charge is -2.47. The van der Waals surface area contributed by atoms with Gasteiger partial charge >= 0.3 is 0 Å². The van der Waals surface area contributed by atoms with Crippen molar-refractivity contribution in [3.8, 4) is 0 Å². The van der Waals surface area contributed by atoms with Gasteiger partial charge in [0.2, 0.25) is 5.91 Å². The highest BCUT2D eigenvalue weighted by atomic mass is 16.5. The molecule has 26 heavy (non-hydrogen) atoms. The maximum Gasteiger partial charge on any atom is 0.269 e. The van der Waals surface area contributed by atoms with Gasteiger partial charge in [-0.25, -0.2) is 0 Å². The van der Waals surface area contributed by atoms with Gasteiger partial charge in [0.15, 0.2) is 0 Å². The van der Waals surface area contributed by atoms with Gasteiger partial charge in [-0.15, -0.1) is 0 Å². The molecule has 1 aromatic heterocycles. The molecule has 2 amide bonds. The Morgan fingerprint density at radius 2 is 2.12 bits per heavy atom. The Labute approximate surface area is 152 Å². The third-order valence-corrected chi connectivity index (χ3v) is 6.37. The number of carbonyl (C=O) groups is 2. The third kappa shape index (κ3) is 2.39. The highest BCUT2D eigenvalue weighted by molar-refractivity contribution is 5.92. The van der Waals surface area contributed by atoms with Crippen LogP contribution in [0.3, 0.4) is 0 Å². The van der Waals surface area contributed by atoms with Crippen molar-refractivity contribution in [2.45, 2.75) is 56.8 Å². The van der Waals surface area contributed by atoms with Crippen LogP contribution in [-0.2, 0) is 16.1 Å². The summed E-state index contributed by atoms with van der Waals surface area (Å²) >= 11 is 0.